The number of ether oxygens (including phenoxy) is 3. The first kappa shape index (κ1) is 12.0. The Kier molecular flexibility index (Phi) is 4.32. The maximum absolute atomic E-state index is 11.3. The van der Waals surface area contributed by atoms with Crippen LogP contribution in [0, 0.1) is 0 Å². The van der Waals surface area contributed by atoms with Gasteiger partial charge in [0.05, 0.1) is 14.2 Å². The van der Waals surface area contributed by atoms with Crippen molar-refractivity contribution in [2.45, 2.75) is 0 Å². The molecule has 5 nitrogen and oxygen atoms in total. The van der Waals surface area contributed by atoms with Gasteiger partial charge in [0, 0.05) is 13.1 Å². The van der Waals surface area contributed by atoms with E-state index in [1.165, 1.54) is 20.6 Å². The molecular formula is C11H13NO4. The van der Waals surface area contributed by atoms with Gasteiger partial charge in [0.15, 0.2) is 6.40 Å². The minimum absolute atomic E-state index is 0.353. The van der Waals surface area contributed by atoms with Crippen LogP contribution < -0.4 is 9.47 Å². The van der Waals surface area contributed by atoms with Gasteiger partial charge in [-0.15, -0.1) is 0 Å². The van der Waals surface area contributed by atoms with Crippen LogP contribution in [-0.4, -0.2) is 33.6 Å². The van der Waals surface area contributed by atoms with Crippen molar-refractivity contribution in [3.63, 3.8) is 0 Å². The van der Waals surface area contributed by atoms with Gasteiger partial charge in [0.25, 0.3) is 0 Å². The lowest BCUT2D eigenvalue weighted by Crippen LogP contribution is -2.04. The average molecular weight is 223 g/mol. The lowest BCUT2D eigenvalue weighted by molar-refractivity contribution is 0.0597. The fourth-order valence-corrected chi connectivity index (χ4v) is 1.14. The summed E-state index contributed by atoms with van der Waals surface area (Å²) < 4.78 is 14.8. The van der Waals surface area contributed by atoms with E-state index in [2.05, 4.69) is 9.73 Å². The largest absolute Gasteiger partial charge is 0.496 e. The molecular weight excluding hydrogens is 210 g/mol. The summed E-state index contributed by atoms with van der Waals surface area (Å²) in [5, 5.41) is 0. The molecule has 5 heteroatoms. The maximum atomic E-state index is 11.3. The molecule has 1 rings (SSSR count). The van der Waals surface area contributed by atoms with Gasteiger partial charge in [0.2, 0.25) is 0 Å². The van der Waals surface area contributed by atoms with Crippen LogP contribution >= 0.6 is 0 Å². The smallest absolute Gasteiger partial charge is 0.341 e. The number of carbonyl (C=O) groups is 1. The first-order chi connectivity index (χ1) is 7.72. The van der Waals surface area contributed by atoms with Crippen molar-refractivity contribution in [1.82, 2.24) is 0 Å². The Morgan fingerprint density at radius 1 is 1.38 bits per heavy atom. The van der Waals surface area contributed by atoms with Gasteiger partial charge in [-0.05, 0) is 12.1 Å². The normalized spacial score (nSPS) is 10.2. The van der Waals surface area contributed by atoms with Gasteiger partial charge in [-0.25, -0.2) is 4.79 Å². The molecule has 0 aliphatic carbocycles. The van der Waals surface area contributed by atoms with E-state index in [1.54, 1.807) is 25.2 Å². The standard InChI is InChI=1S/C11H13NO4/c1-12-7-16-8-4-5-9(11(13)15-3)10(6-8)14-2/h4-7H,1-3H3. The fraction of sp³-hybridized carbons (Fsp3) is 0.273. The molecule has 1 aromatic carbocycles. The van der Waals surface area contributed by atoms with Crippen molar-refractivity contribution < 1.29 is 19.0 Å². The number of esters is 1. The first-order valence-electron chi connectivity index (χ1n) is 4.56. The summed E-state index contributed by atoms with van der Waals surface area (Å²) >= 11 is 0. The summed E-state index contributed by atoms with van der Waals surface area (Å²) in [6.07, 6.45) is 1.30. The zero-order valence-corrected chi connectivity index (χ0v) is 9.39. The van der Waals surface area contributed by atoms with Gasteiger partial charge in [-0.1, -0.05) is 0 Å². The minimum Gasteiger partial charge on any atom is -0.496 e. The summed E-state index contributed by atoms with van der Waals surface area (Å²) in [5.41, 5.74) is 0.353. The molecule has 0 N–H and O–H groups in total. The Morgan fingerprint density at radius 2 is 2.12 bits per heavy atom. The molecule has 0 heterocycles. The fourth-order valence-electron chi connectivity index (χ4n) is 1.14. The highest BCUT2D eigenvalue weighted by molar-refractivity contribution is 5.92. The number of rotatable bonds is 4. The van der Waals surface area contributed by atoms with Crippen LogP contribution in [0.5, 0.6) is 11.5 Å². The number of benzene rings is 1. The van der Waals surface area contributed by atoms with Crippen LogP contribution in [0.4, 0.5) is 0 Å². The molecule has 1 aromatic rings. The summed E-state index contributed by atoms with van der Waals surface area (Å²) in [6.45, 7) is 0. The summed E-state index contributed by atoms with van der Waals surface area (Å²) in [7, 11) is 4.38. The van der Waals surface area contributed by atoms with Crippen molar-refractivity contribution in [2.24, 2.45) is 4.99 Å². The third-order valence-corrected chi connectivity index (χ3v) is 1.87. The zero-order chi connectivity index (χ0) is 12.0. The predicted molar refractivity (Wildman–Crippen MR) is 59.4 cm³/mol. The van der Waals surface area contributed by atoms with Gasteiger partial charge in [-0.2, -0.15) is 0 Å². The van der Waals surface area contributed by atoms with E-state index in [0.717, 1.165) is 0 Å². The van der Waals surface area contributed by atoms with Crippen molar-refractivity contribution in [3.8, 4) is 11.5 Å². The molecule has 0 saturated heterocycles. The monoisotopic (exact) mass is 223 g/mol. The Hall–Kier alpha value is -2.04. The van der Waals surface area contributed by atoms with Crippen molar-refractivity contribution >= 4 is 12.4 Å². The van der Waals surface area contributed by atoms with E-state index in [1.807, 2.05) is 0 Å². The third-order valence-electron chi connectivity index (χ3n) is 1.87. The highest BCUT2D eigenvalue weighted by Crippen LogP contribution is 2.24. The topological polar surface area (TPSA) is 57.1 Å². The number of nitrogens with zero attached hydrogens (tertiary/aromatic N) is 1. The van der Waals surface area contributed by atoms with Gasteiger partial charge < -0.3 is 14.2 Å². The van der Waals surface area contributed by atoms with Crippen molar-refractivity contribution in [3.05, 3.63) is 23.8 Å². The van der Waals surface area contributed by atoms with Crippen molar-refractivity contribution in [2.75, 3.05) is 21.3 Å². The second-order valence-corrected chi connectivity index (χ2v) is 2.84. The van der Waals surface area contributed by atoms with E-state index >= 15 is 0 Å². The van der Waals surface area contributed by atoms with Gasteiger partial charge in [0.1, 0.15) is 17.1 Å². The van der Waals surface area contributed by atoms with Crippen LogP contribution in [0.25, 0.3) is 0 Å². The van der Waals surface area contributed by atoms with Crippen molar-refractivity contribution in [1.29, 1.82) is 0 Å². The number of carbonyl (C=O) groups excluding carboxylic acids is 1. The molecule has 86 valence electrons. The molecule has 0 atom stereocenters. The lowest BCUT2D eigenvalue weighted by atomic mass is 10.2. The highest BCUT2D eigenvalue weighted by Gasteiger charge is 2.13. The molecule has 0 spiro atoms. The van der Waals surface area contributed by atoms with Crippen LogP contribution in [0.15, 0.2) is 23.2 Å². The van der Waals surface area contributed by atoms with E-state index in [0.29, 0.717) is 17.1 Å². The lowest BCUT2D eigenvalue weighted by Gasteiger charge is -2.08. The maximum Gasteiger partial charge on any atom is 0.341 e. The Balaban J connectivity index is 3.01. The SMILES string of the molecule is CN=COc1ccc(C(=O)OC)c(OC)c1. The predicted octanol–water partition coefficient (Wildman–Crippen LogP) is 1.52. The molecule has 16 heavy (non-hydrogen) atoms. The van der Waals surface area contributed by atoms with Crippen LogP contribution in [0.2, 0.25) is 0 Å². The van der Waals surface area contributed by atoms with Crippen LogP contribution in [-0.2, 0) is 4.74 Å². The summed E-state index contributed by atoms with van der Waals surface area (Å²) in [6, 6.07) is 4.80. The molecule has 0 saturated carbocycles. The molecule has 0 fully saturated rings. The number of hydrogen-bond acceptors (Lipinski definition) is 5. The van der Waals surface area contributed by atoms with Gasteiger partial charge >= 0.3 is 5.97 Å². The van der Waals surface area contributed by atoms with E-state index in [9.17, 15) is 4.79 Å². The average Bonchev–Trinajstić information content (AvgIpc) is 2.34. The van der Waals surface area contributed by atoms with E-state index < -0.39 is 5.97 Å². The Bertz CT molecular complexity index is 401. The first-order valence-corrected chi connectivity index (χ1v) is 4.56. The summed E-state index contributed by atoms with van der Waals surface area (Å²) in [5.74, 6) is 0.483. The zero-order valence-electron chi connectivity index (χ0n) is 9.39. The Morgan fingerprint density at radius 3 is 2.69 bits per heavy atom. The molecule has 0 unspecified atom stereocenters. The molecule has 0 aliphatic heterocycles. The number of aliphatic imine (C=N–C) groups is 1. The minimum atomic E-state index is -0.451. The van der Waals surface area contributed by atoms with E-state index in [4.69, 9.17) is 9.47 Å². The quantitative estimate of drug-likeness (QED) is 0.441. The summed E-state index contributed by atoms with van der Waals surface area (Å²) in [4.78, 5) is 15.0. The molecule has 0 radical (unpaired) electrons. The molecule has 0 bridgehead atoms. The molecule has 0 amide bonds. The third kappa shape index (κ3) is 2.73. The highest BCUT2D eigenvalue weighted by atomic mass is 16.5. The second-order valence-electron chi connectivity index (χ2n) is 2.84. The van der Waals surface area contributed by atoms with Crippen LogP contribution in [0.3, 0.4) is 0 Å². The Labute approximate surface area is 93.7 Å². The number of hydrogen-bond donors (Lipinski definition) is 0. The molecule has 0 aliphatic rings. The molecule has 0 aromatic heterocycles. The van der Waals surface area contributed by atoms with Crippen LogP contribution in [0.1, 0.15) is 10.4 Å². The van der Waals surface area contributed by atoms with Gasteiger partial charge in [-0.3, -0.25) is 4.99 Å². The number of methoxy groups -OCH3 is 2. The van der Waals surface area contributed by atoms with E-state index in [-0.39, 0.29) is 0 Å². The second kappa shape index (κ2) is 5.75.